The smallest absolute Gasteiger partial charge is 0.255 e. The molecular weight excluding hydrogens is 324 g/mol. The van der Waals surface area contributed by atoms with Gasteiger partial charge in [0, 0.05) is 30.9 Å². The molecule has 0 unspecified atom stereocenters. The van der Waals surface area contributed by atoms with Crippen LogP contribution in [0, 0.1) is 0 Å². The van der Waals surface area contributed by atoms with Crippen molar-refractivity contribution in [2.24, 2.45) is 0 Å². The normalized spacial score (nSPS) is 15.7. The molecule has 2 aromatic carbocycles. The zero-order chi connectivity index (χ0) is 18.6. The lowest BCUT2D eigenvalue weighted by Crippen LogP contribution is -2.35. The van der Waals surface area contributed by atoms with Crippen LogP contribution in [0.2, 0.25) is 0 Å². The number of hydrogen-bond donors (Lipinski definition) is 1. The minimum atomic E-state index is -0.0774. The van der Waals surface area contributed by atoms with Crippen molar-refractivity contribution in [1.29, 1.82) is 0 Å². The molecule has 0 spiro atoms. The zero-order valence-corrected chi connectivity index (χ0v) is 15.9. The minimum Gasteiger partial charge on any atom is -0.379 e. The number of morpholine rings is 1. The third-order valence-corrected chi connectivity index (χ3v) is 4.73. The van der Waals surface area contributed by atoms with Crippen LogP contribution in [-0.4, -0.2) is 37.1 Å². The fourth-order valence-electron chi connectivity index (χ4n) is 3.04. The highest BCUT2D eigenvalue weighted by atomic mass is 16.5. The molecule has 1 amide bonds. The molecule has 0 bridgehead atoms. The first-order chi connectivity index (χ1) is 12.4. The van der Waals surface area contributed by atoms with Crippen LogP contribution in [0.5, 0.6) is 0 Å². The summed E-state index contributed by atoms with van der Waals surface area (Å²) in [4.78, 5) is 14.8. The van der Waals surface area contributed by atoms with Crippen molar-refractivity contribution in [3.05, 3.63) is 65.2 Å². The van der Waals surface area contributed by atoms with E-state index in [1.165, 1.54) is 11.1 Å². The second-order valence-corrected chi connectivity index (χ2v) is 7.87. The number of nitrogens with zero attached hydrogens (tertiary/aromatic N) is 1. The molecule has 3 rings (SSSR count). The Kier molecular flexibility index (Phi) is 5.74. The lowest BCUT2D eigenvalue weighted by Gasteiger charge is -2.26. The van der Waals surface area contributed by atoms with E-state index in [0.717, 1.165) is 38.5 Å². The highest BCUT2D eigenvalue weighted by Crippen LogP contribution is 2.22. The van der Waals surface area contributed by atoms with E-state index in [-0.39, 0.29) is 11.3 Å². The van der Waals surface area contributed by atoms with E-state index in [2.05, 4.69) is 43.1 Å². The van der Waals surface area contributed by atoms with Gasteiger partial charge in [0.1, 0.15) is 0 Å². The molecule has 0 aromatic heterocycles. The molecular formula is C22H28N2O2. The van der Waals surface area contributed by atoms with Crippen LogP contribution in [0.25, 0.3) is 0 Å². The molecule has 1 aliphatic heterocycles. The Morgan fingerprint density at radius 2 is 1.62 bits per heavy atom. The Bertz CT molecular complexity index is 724. The number of anilines is 1. The van der Waals surface area contributed by atoms with Crippen LogP contribution in [0.3, 0.4) is 0 Å². The van der Waals surface area contributed by atoms with Crippen LogP contribution in [0.15, 0.2) is 48.5 Å². The van der Waals surface area contributed by atoms with Crippen LogP contribution in [-0.2, 0) is 16.7 Å². The standard InChI is InChI=1S/C22H28N2O2/c1-22(2,3)19-8-6-18(7-9-19)21(25)23-20-10-4-17(5-11-20)16-24-12-14-26-15-13-24/h4-11H,12-16H2,1-3H3,(H,23,25). The van der Waals surface area contributed by atoms with Gasteiger partial charge in [-0.05, 0) is 40.8 Å². The molecule has 26 heavy (non-hydrogen) atoms. The molecule has 0 atom stereocenters. The summed E-state index contributed by atoms with van der Waals surface area (Å²) in [5.74, 6) is -0.0774. The van der Waals surface area contributed by atoms with E-state index in [0.29, 0.717) is 5.56 Å². The summed E-state index contributed by atoms with van der Waals surface area (Å²) in [5, 5.41) is 2.97. The van der Waals surface area contributed by atoms with E-state index in [9.17, 15) is 4.79 Å². The van der Waals surface area contributed by atoms with Crippen LogP contribution >= 0.6 is 0 Å². The van der Waals surface area contributed by atoms with E-state index >= 15 is 0 Å². The Hall–Kier alpha value is -2.17. The van der Waals surface area contributed by atoms with Crippen LogP contribution in [0.4, 0.5) is 5.69 Å². The molecule has 0 aliphatic carbocycles. The Morgan fingerprint density at radius 3 is 2.19 bits per heavy atom. The fourth-order valence-corrected chi connectivity index (χ4v) is 3.04. The van der Waals surface area contributed by atoms with Gasteiger partial charge in [-0.15, -0.1) is 0 Å². The summed E-state index contributed by atoms with van der Waals surface area (Å²) in [6.07, 6.45) is 0. The summed E-state index contributed by atoms with van der Waals surface area (Å²) < 4.78 is 5.38. The third kappa shape index (κ3) is 4.93. The Morgan fingerprint density at radius 1 is 1.00 bits per heavy atom. The van der Waals surface area contributed by atoms with Gasteiger partial charge in [0.25, 0.3) is 5.91 Å². The number of carbonyl (C=O) groups is 1. The van der Waals surface area contributed by atoms with Crippen molar-refractivity contribution < 1.29 is 9.53 Å². The molecule has 138 valence electrons. The number of ether oxygens (including phenoxy) is 1. The molecule has 2 aromatic rings. The monoisotopic (exact) mass is 352 g/mol. The lowest BCUT2D eigenvalue weighted by molar-refractivity contribution is 0.0342. The summed E-state index contributed by atoms with van der Waals surface area (Å²) in [7, 11) is 0. The first-order valence-corrected chi connectivity index (χ1v) is 9.23. The van der Waals surface area contributed by atoms with Gasteiger partial charge in [-0.3, -0.25) is 9.69 Å². The molecule has 1 heterocycles. The lowest BCUT2D eigenvalue weighted by atomic mass is 9.87. The van der Waals surface area contributed by atoms with Gasteiger partial charge in [0.15, 0.2) is 0 Å². The maximum Gasteiger partial charge on any atom is 0.255 e. The van der Waals surface area contributed by atoms with Gasteiger partial charge in [0.05, 0.1) is 13.2 Å². The second kappa shape index (κ2) is 8.02. The topological polar surface area (TPSA) is 41.6 Å². The highest BCUT2D eigenvalue weighted by molar-refractivity contribution is 6.04. The molecule has 4 heteroatoms. The Balaban J connectivity index is 1.58. The molecule has 1 aliphatic rings. The van der Waals surface area contributed by atoms with Crippen molar-refractivity contribution in [2.75, 3.05) is 31.6 Å². The van der Waals surface area contributed by atoms with E-state index in [4.69, 9.17) is 4.74 Å². The van der Waals surface area contributed by atoms with Crippen LogP contribution in [0.1, 0.15) is 42.3 Å². The van der Waals surface area contributed by atoms with E-state index < -0.39 is 0 Å². The average molecular weight is 352 g/mol. The van der Waals surface area contributed by atoms with Gasteiger partial charge in [-0.25, -0.2) is 0 Å². The summed E-state index contributed by atoms with van der Waals surface area (Å²) in [5.41, 5.74) is 4.06. The summed E-state index contributed by atoms with van der Waals surface area (Å²) in [6, 6.07) is 15.9. The number of benzene rings is 2. The first-order valence-electron chi connectivity index (χ1n) is 9.23. The van der Waals surface area contributed by atoms with Crippen molar-refractivity contribution in [3.63, 3.8) is 0 Å². The third-order valence-electron chi connectivity index (χ3n) is 4.73. The number of rotatable bonds is 4. The molecule has 0 radical (unpaired) electrons. The SMILES string of the molecule is CC(C)(C)c1ccc(C(=O)Nc2ccc(CN3CCOCC3)cc2)cc1. The number of hydrogen-bond acceptors (Lipinski definition) is 3. The highest BCUT2D eigenvalue weighted by Gasteiger charge is 2.14. The predicted molar refractivity (Wildman–Crippen MR) is 106 cm³/mol. The van der Waals surface area contributed by atoms with Gasteiger partial charge >= 0.3 is 0 Å². The molecule has 1 N–H and O–H groups in total. The maximum atomic E-state index is 12.4. The number of carbonyl (C=O) groups excluding carboxylic acids is 1. The fraction of sp³-hybridized carbons (Fsp3) is 0.409. The first kappa shape index (κ1) is 18.6. The number of amides is 1. The molecule has 0 saturated carbocycles. The molecule has 1 saturated heterocycles. The van der Waals surface area contributed by atoms with E-state index in [1.54, 1.807) is 0 Å². The predicted octanol–water partition coefficient (Wildman–Crippen LogP) is 4.07. The van der Waals surface area contributed by atoms with E-state index in [1.807, 2.05) is 36.4 Å². The van der Waals surface area contributed by atoms with Crippen molar-refractivity contribution in [1.82, 2.24) is 4.90 Å². The summed E-state index contributed by atoms with van der Waals surface area (Å²) in [6.45, 7) is 11.0. The molecule has 4 nitrogen and oxygen atoms in total. The van der Waals surface area contributed by atoms with Crippen LogP contribution < -0.4 is 5.32 Å². The average Bonchev–Trinajstić information content (AvgIpc) is 2.63. The van der Waals surface area contributed by atoms with Gasteiger partial charge in [-0.1, -0.05) is 45.0 Å². The quantitative estimate of drug-likeness (QED) is 0.902. The van der Waals surface area contributed by atoms with Gasteiger partial charge < -0.3 is 10.1 Å². The summed E-state index contributed by atoms with van der Waals surface area (Å²) >= 11 is 0. The maximum absolute atomic E-state index is 12.4. The largest absolute Gasteiger partial charge is 0.379 e. The number of nitrogens with one attached hydrogen (secondary N) is 1. The van der Waals surface area contributed by atoms with Gasteiger partial charge in [0.2, 0.25) is 0 Å². The van der Waals surface area contributed by atoms with Crippen molar-refractivity contribution >= 4 is 11.6 Å². The second-order valence-electron chi connectivity index (χ2n) is 7.87. The molecule has 1 fully saturated rings. The zero-order valence-electron chi connectivity index (χ0n) is 15.9. The minimum absolute atomic E-state index is 0.0774. The van der Waals surface area contributed by atoms with Gasteiger partial charge in [-0.2, -0.15) is 0 Å². The Labute approximate surface area is 156 Å². The van der Waals surface area contributed by atoms with Crippen molar-refractivity contribution in [3.8, 4) is 0 Å². The van der Waals surface area contributed by atoms with Crippen molar-refractivity contribution in [2.45, 2.75) is 32.7 Å².